The van der Waals surface area contributed by atoms with Gasteiger partial charge in [-0.25, -0.2) is 15.8 Å². The molecule has 118 valence electrons. The molecule has 2 rings (SSSR count). The first-order valence-corrected chi connectivity index (χ1v) is 6.97. The van der Waals surface area contributed by atoms with E-state index < -0.39 is 12.1 Å². The summed E-state index contributed by atoms with van der Waals surface area (Å²) in [5, 5.41) is 0. The van der Waals surface area contributed by atoms with Crippen molar-refractivity contribution in [1.29, 1.82) is 0 Å². The molecular formula is C13H20F3N5. The van der Waals surface area contributed by atoms with Gasteiger partial charge < -0.3 is 10.3 Å². The first-order chi connectivity index (χ1) is 9.84. The number of nitrogens with two attached hydrogens (primary N) is 1. The SMILES string of the molecule is CC(C)c1c(NN)ncnc1N1CCCC(C(F)(F)F)C1. The first-order valence-electron chi connectivity index (χ1n) is 6.97. The molecule has 1 saturated heterocycles. The molecule has 2 heterocycles. The van der Waals surface area contributed by atoms with E-state index in [2.05, 4.69) is 15.4 Å². The number of rotatable bonds is 3. The van der Waals surface area contributed by atoms with Crippen molar-refractivity contribution in [3.63, 3.8) is 0 Å². The molecule has 1 aliphatic rings. The van der Waals surface area contributed by atoms with Crippen LogP contribution in [0.4, 0.5) is 24.8 Å². The number of nitrogens with one attached hydrogen (secondary N) is 1. The Labute approximate surface area is 121 Å². The molecule has 0 amide bonds. The van der Waals surface area contributed by atoms with Gasteiger partial charge in [0.2, 0.25) is 0 Å². The van der Waals surface area contributed by atoms with Crippen LogP contribution < -0.4 is 16.2 Å². The van der Waals surface area contributed by atoms with Gasteiger partial charge in [0.25, 0.3) is 0 Å². The number of aromatic nitrogens is 2. The van der Waals surface area contributed by atoms with Gasteiger partial charge in [-0.3, -0.25) is 0 Å². The number of piperidine rings is 1. The number of hydrogen-bond acceptors (Lipinski definition) is 5. The van der Waals surface area contributed by atoms with Crippen LogP contribution in [0.15, 0.2) is 6.33 Å². The fourth-order valence-corrected chi connectivity index (χ4v) is 2.72. The zero-order valence-electron chi connectivity index (χ0n) is 12.1. The number of anilines is 2. The van der Waals surface area contributed by atoms with Gasteiger partial charge in [-0.2, -0.15) is 13.2 Å². The second kappa shape index (κ2) is 6.05. The summed E-state index contributed by atoms with van der Waals surface area (Å²) in [5.74, 6) is 5.19. The standard InChI is InChI=1S/C13H20F3N5/c1-8(2)10-11(20-17)18-7-19-12(10)21-5-3-4-9(6-21)13(14,15)16/h7-9H,3-6,17H2,1-2H3,(H,18,19,20). The van der Waals surface area contributed by atoms with Crippen molar-refractivity contribution in [2.75, 3.05) is 23.4 Å². The third kappa shape index (κ3) is 3.37. The molecule has 21 heavy (non-hydrogen) atoms. The van der Waals surface area contributed by atoms with Crippen molar-refractivity contribution in [1.82, 2.24) is 9.97 Å². The van der Waals surface area contributed by atoms with E-state index in [9.17, 15) is 13.2 Å². The van der Waals surface area contributed by atoms with Crippen LogP contribution in [0.2, 0.25) is 0 Å². The van der Waals surface area contributed by atoms with Crippen LogP contribution in [-0.2, 0) is 0 Å². The summed E-state index contributed by atoms with van der Waals surface area (Å²) in [4.78, 5) is 9.94. The number of nitrogens with zero attached hydrogens (tertiary/aromatic N) is 3. The van der Waals surface area contributed by atoms with Gasteiger partial charge in [-0.15, -0.1) is 0 Å². The van der Waals surface area contributed by atoms with Crippen molar-refractivity contribution in [3.8, 4) is 0 Å². The Hall–Kier alpha value is -1.57. The van der Waals surface area contributed by atoms with E-state index in [0.717, 1.165) is 5.56 Å². The van der Waals surface area contributed by atoms with Crippen LogP contribution in [0.25, 0.3) is 0 Å². The minimum Gasteiger partial charge on any atom is -0.356 e. The highest BCUT2D eigenvalue weighted by atomic mass is 19.4. The fraction of sp³-hybridized carbons (Fsp3) is 0.692. The van der Waals surface area contributed by atoms with Crippen LogP contribution in [0.3, 0.4) is 0 Å². The lowest BCUT2D eigenvalue weighted by atomic mass is 9.96. The van der Waals surface area contributed by atoms with Crippen LogP contribution in [-0.4, -0.2) is 29.2 Å². The average molecular weight is 303 g/mol. The highest BCUT2D eigenvalue weighted by Crippen LogP contribution is 2.37. The maximum atomic E-state index is 12.9. The molecule has 1 aliphatic heterocycles. The summed E-state index contributed by atoms with van der Waals surface area (Å²) in [6.45, 7) is 4.38. The monoisotopic (exact) mass is 303 g/mol. The third-order valence-corrected chi connectivity index (χ3v) is 3.76. The Morgan fingerprint density at radius 2 is 2.10 bits per heavy atom. The summed E-state index contributed by atoms with van der Waals surface area (Å²) in [6, 6.07) is 0. The molecule has 1 unspecified atom stereocenters. The molecule has 1 fully saturated rings. The van der Waals surface area contributed by atoms with E-state index in [-0.39, 0.29) is 18.9 Å². The Kier molecular flexibility index (Phi) is 4.55. The lowest BCUT2D eigenvalue weighted by Gasteiger charge is -2.36. The Morgan fingerprint density at radius 3 is 2.67 bits per heavy atom. The zero-order valence-corrected chi connectivity index (χ0v) is 12.1. The number of hydrazine groups is 1. The molecule has 0 radical (unpaired) electrons. The summed E-state index contributed by atoms with van der Waals surface area (Å²) >= 11 is 0. The normalized spacial score (nSPS) is 20.0. The predicted molar refractivity (Wildman–Crippen MR) is 74.9 cm³/mol. The maximum absolute atomic E-state index is 12.9. The predicted octanol–water partition coefficient (Wildman–Crippen LogP) is 2.66. The molecule has 8 heteroatoms. The molecule has 5 nitrogen and oxygen atoms in total. The van der Waals surface area contributed by atoms with E-state index in [1.165, 1.54) is 6.33 Å². The smallest absolute Gasteiger partial charge is 0.356 e. The van der Waals surface area contributed by atoms with E-state index in [1.807, 2.05) is 13.8 Å². The zero-order chi connectivity index (χ0) is 15.6. The highest BCUT2D eigenvalue weighted by Gasteiger charge is 2.42. The van der Waals surface area contributed by atoms with Crippen LogP contribution in [0.1, 0.15) is 38.2 Å². The lowest BCUT2D eigenvalue weighted by molar-refractivity contribution is -0.176. The van der Waals surface area contributed by atoms with Crippen molar-refractivity contribution in [2.45, 2.75) is 38.8 Å². The molecule has 1 aromatic heterocycles. The van der Waals surface area contributed by atoms with Crippen LogP contribution >= 0.6 is 0 Å². The summed E-state index contributed by atoms with van der Waals surface area (Å²) in [7, 11) is 0. The Bertz CT molecular complexity index is 489. The van der Waals surface area contributed by atoms with E-state index >= 15 is 0 Å². The molecule has 1 aromatic rings. The largest absolute Gasteiger partial charge is 0.393 e. The molecule has 1 atom stereocenters. The maximum Gasteiger partial charge on any atom is 0.393 e. The van der Waals surface area contributed by atoms with Crippen LogP contribution in [0, 0.1) is 5.92 Å². The quantitative estimate of drug-likeness (QED) is 0.664. The van der Waals surface area contributed by atoms with Gasteiger partial charge in [-0.05, 0) is 18.8 Å². The molecular weight excluding hydrogens is 283 g/mol. The number of alkyl halides is 3. The fourth-order valence-electron chi connectivity index (χ4n) is 2.72. The number of hydrogen-bond donors (Lipinski definition) is 2. The topological polar surface area (TPSA) is 67.1 Å². The number of nitrogen functional groups attached to an aromatic ring is 1. The van der Waals surface area contributed by atoms with Gasteiger partial charge in [0, 0.05) is 18.7 Å². The van der Waals surface area contributed by atoms with Crippen LogP contribution in [0.5, 0.6) is 0 Å². The number of halogens is 3. The third-order valence-electron chi connectivity index (χ3n) is 3.76. The lowest BCUT2D eigenvalue weighted by Crippen LogP contribution is -2.42. The average Bonchev–Trinajstić information content (AvgIpc) is 2.45. The van der Waals surface area contributed by atoms with Gasteiger partial charge in [0.1, 0.15) is 18.0 Å². The van der Waals surface area contributed by atoms with Crippen molar-refractivity contribution in [3.05, 3.63) is 11.9 Å². The second-order valence-corrected chi connectivity index (χ2v) is 5.59. The minimum atomic E-state index is -4.17. The Balaban J connectivity index is 2.33. The second-order valence-electron chi connectivity index (χ2n) is 5.59. The molecule has 0 spiro atoms. The van der Waals surface area contributed by atoms with Crippen molar-refractivity contribution < 1.29 is 13.2 Å². The Morgan fingerprint density at radius 1 is 1.38 bits per heavy atom. The highest BCUT2D eigenvalue weighted by molar-refractivity contribution is 5.60. The van der Waals surface area contributed by atoms with E-state index in [4.69, 9.17) is 5.84 Å². The van der Waals surface area contributed by atoms with Crippen molar-refractivity contribution >= 4 is 11.6 Å². The van der Waals surface area contributed by atoms with Gasteiger partial charge in [0.15, 0.2) is 0 Å². The summed E-state index contributed by atoms with van der Waals surface area (Å²) < 4.78 is 38.8. The first kappa shape index (κ1) is 15.8. The molecule has 3 N–H and O–H groups in total. The summed E-state index contributed by atoms with van der Waals surface area (Å²) in [6.07, 6.45) is -2.17. The molecule has 0 aliphatic carbocycles. The van der Waals surface area contributed by atoms with Gasteiger partial charge >= 0.3 is 6.18 Å². The molecule has 0 saturated carbocycles. The van der Waals surface area contributed by atoms with Crippen molar-refractivity contribution in [2.24, 2.45) is 11.8 Å². The van der Waals surface area contributed by atoms with Gasteiger partial charge in [0.05, 0.1) is 5.92 Å². The molecule has 0 bridgehead atoms. The minimum absolute atomic E-state index is 0.0542. The molecule has 0 aromatic carbocycles. The van der Waals surface area contributed by atoms with E-state index in [1.54, 1.807) is 4.90 Å². The van der Waals surface area contributed by atoms with E-state index in [0.29, 0.717) is 24.6 Å². The van der Waals surface area contributed by atoms with Gasteiger partial charge in [-0.1, -0.05) is 13.8 Å². The summed E-state index contributed by atoms with van der Waals surface area (Å²) in [5.41, 5.74) is 3.25.